The van der Waals surface area contributed by atoms with E-state index in [-0.39, 0.29) is 6.61 Å². The zero-order valence-electron chi connectivity index (χ0n) is 21.6. The molecule has 0 saturated heterocycles. The molecule has 0 aliphatic carbocycles. The highest BCUT2D eigenvalue weighted by Crippen LogP contribution is 2.33. The van der Waals surface area contributed by atoms with Crippen molar-refractivity contribution in [1.29, 1.82) is 0 Å². The summed E-state index contributed by atoms with van der Waals surface area (Å²) >= 11 is 0. The molecule has 0 aromatic heterocycles. The van der Waals surface area contributed by atoms with Crippen LogP contribution in [0.2, 0.25) is 6.04 Å². The van der Waals surface area contributed by atoms with Crippen molar-refractivity contribution >= 4 is 77.2 Å². The van der Waals surface area contributed by atoms with E-state index in [0.717, 1.165) is 37.6 Å². The summed E-state index contributed by atoms with van der Waals surface area (Å²) in [6, 6.07) is 5.58. The Hall–Kier alpha value is 0.812. The van der Waals surface area contributed by atoms with Gasteiger partial charge in [0.15, 0.2) is 0 Å². The highest BCUT2D eigenvalue weighted by Gasteiger charge is 2.64. The van der Waals surface area contributed by atoms with Gasteiger partial charge in [0.25, 0.3) is 8.80 Å². The molecule has 1 rings (SSSR count). The van der Waals surface area contributed by atoms with Gasteiger partial charge in [-0.2, -0.15) is 0 Å². The van der Waals surface area contributed by atoms with Crippen molar-refractivity contribution < 1.29 is 23.1 Å². The predicted octanol–water partition coefficient (Wildman–Crippen LogP) is -4.24. The lowest BCUT2D eigenvalue weighted by atomic mass is 10.00. The Morgan fingerprint density at radius 2 is 1.55 bits per heavy atom. The lowest BCUT2D eigenvalue weighted by Crippen LogP contribution is -2.89. The zero-order chi connectivity index (χ0) is 23.9. The third-order valence-electron chi connectivity index (χ3n) is 6.79. The quantitative estimate of drug-likeness (QED) is 0.225. The van der Waals surface area contributed by atoms with Crippen LogP contribution in [0.4, 0.5) is 0 Å². The third kappa shape index (κ3) is 6.69. The van der Waals surface area contributed by atoms with Crippen LogP contribution >= 0.6 is 0 Å². The summed E-state index contributed by atoms with van der Waals surface area (Å²) in [6.45, 7) is 7.78. The molecule has 1 unspecified atom stereocenters. The van der Waals surface area contributed by atoms with Crippen molar-refractivity contribution in [3.8, 4) is 5.75 Å². The van der Waals surface area contributed by atoms with Crippen molar-refractivity contribution in [1.82, 2.24) is 0 Å². The lowest BCUT2D eigenvalue weighted by Gasteiger charge is -2.53. The number of hydrogen-bond acceptors (Lipinski definition) is 5. The van der Waals surface area contributed by atoms with E-state index in [9.17, 15) is 5.11 Å². The van der Waals surface area contributed by atoms with Crippen LogP contribution in [0.5, 0.6) is 5.75 Å². The van der Waals surface area contributed by atoms with Crippen molar-refractivity contribution in [3.05, 3.63) is 28.8 Å². The maximum atomic E-state index is 9.96. The van der Waals surface area contributed by atoms with Crippen LogP contribution in [-0.2, 0) is 26.3 Å². The first-order valence-corrected chi connectivity index (χ1v) is 40.0. The van der Waals surface area contributed by atoms with Gasteiger partial charge in [0.1, 0.15) is 19.2 Å². The highest BCUT2D eigenvalue weighted by molar-refractivity contribution is 8.11. The normalized spacial score (nSPS) is 18.3. The summed E-state index contributed by atoms with van der Waals surface area (Å²) in [7, 11) is 6.62. The van der Waals surface area contributed by atoms with E-state index in [2.05, 4.69) is 33.8 Å². The lowest BCUT2D eigenvalue weighted by molar-refractivity contribution is 0.229. The summed E-state index contributed by atoms with van der Waals surface area (Å²) in [5, 5.41) is 9.96. The SMILES string of the molecule is CCO[SiH](OCC)[Si](CCc1ccc(OC)c(CO)c1C)([Si]([SiH3])([SiH3])[SiH3])[Si]([SiH3])([SiH3])OCC. The first-order chi connectivity index (χ1) is 14.5. The van der Waals surface area contributed by atoms with Crippen LogP contribution in [0.3, 0.4) is 0 Å². The summed E-state index contributed by atoms with van der Waals surface area (Å²) in [4.78, 5) is 0. The average Bonchev–Trinajstić information content (AvgIpc) is 2.68. The molecule has 0 fully saturated rings. The highest BCUT2D eigenvalue weighted by atomic mass is 30.4. The van der Waals surface area contributed by atoms with Gasteiger partial charge in [-0.25, -0.2) is 0 Å². The minimum Gasteiger partial charge on any atom is -0.496 e. The van der Waals surface area contributed by atoms with E-state index in [0.29, 0.717) is 0 Å². The van der Waals surface area contributed by atoms with E-state index in [1.807, 2.05) is 6.07 Å². The van der Waals surface area contributed by atoms with E-state index in [4.69, 9.17) is 18.0 Å². The Balaban J connectivity index is 3.57. The molecule has 0 spiro atoms. The Morgan fingerprint density at radius 3 is 1.97 bits per heavy atom. The van der Waals surface area contributed by atoms with Crippen LogP contribution in [-0.4, -0.2) is 109 Å². The maximum Gasteiger partial charge on any atom is 0.296 e. The molecule has 1 N–H and O–H groups in total. The monoisotopic (exact) mass is 582 g/mol. The molecule has 0 heterocycles. The van der Waals surface area contributed by atoms with Crippen LogP contribution < -0.4 is 4.74 Å². The first kappa shape index (κ1) is 29.8. The maximum absolute atomic E-state index is 9.96. The molecule has 31 heavy (non-hydrogen) atoms. The van der Waals surface area contributed by atoms with Gasteiger partial charge in [0, 0.05) is 51.0 Å². The van der Waals surface area contributed by atoms with Gasteiger partial charge in [0.2, 0.25) is 0 Å². The molecule has 0 saturated carbocycles. The third-order valence-corrected chi connectivity index (χ3v) is 157. The van der Waals surface area contributed by atoms with Crippen LogP contribution in [0.1, 0.15) is 37.5 Å². The number of aryl methyl sites for hydroxylation is 1. The molecule has 5 nitrogen and oxygen atoms in total. The number of hydrogen-bond donors (Lipinski definition) is 1. The summed E-state index contributed by atoms with van der Waals surface area (Å²) in [5.41, 5.74) is 3.51. The number of rotatable bonds is 14. The number of benzene rings is 1. The van der Waals surface area contributed by atoms with E-state index < -0.39 is 28.4 Å². The zero-order valence-corrected chi connectivity index (χ0v) is 35.7. The standard InChI is InChI=1S/C17H46O5Si9/c1-6-20-28(21-7-2)29(31(25,26)27,30(23,24)22-8-3)12-11-15-9-10-17(19-5)16(13-18)14(15)4/h9-10,18,28H,6-8,11-13H2,1-5,23-27H3. The molecule has 0 amide bonds. The second kappa shape index (κ2) is 13.0. The Bertz CT molecular complexity index is 695. The minimum atomic E-state index is -1.72. The van der Waals surface area contributed by atoms with Crippen LogP contribution in [0, 0.1) is 6.92 Å². The molecular formula is C17H46O5Si9. The Kier molecular flexibility index (Phi) is 12.6. The fraction of sp³-hybridized carbons (Fsp3) is 0.647. The predicted molar refractivity (Wildman–Crippen MR) is 161 cm³/mol. The van der Waals surface area contributed by atoms with E-state index in [1.54, 1.807) is 7.11 Å². The molecule has 0 aliphatic heterocycles. The van der Waals surface area contributed by atoms with Gasteiger partial charge in [-0.15, -0.1) is 0 Å². The van der Waals surface area contributed by atoms with Crippen molar-refractivity contribution in [2.45, 2.75) is 46.8 Å². The molecule has 0 bridgehead atoms. The largest absolute Gasteiger partial charge is 0.496 e. The van der Waals surface area contributed by atoms with Crippen molar-refractivity contribution in [2.75, 3.05) is 26.9 Å². The minimum absolute atomic E-state index is 0.0282. The van der Waals surface area contributed by atoms with Gasteiger partial charge >= 0.3 is 0 Å². The fourth-order valence-corrected chi connectivity index (χ4v) is 279. The van der Waals surface area contributed by atoms with Crippen LogP contribution in [0.25, 0.3) is 0 Å². The molecule has 1 aromatic rings. The van der Waals surface area contributed by atoms with Gasteiger partial charge in [-0.1, -0.05) is 12.1 Å². The molecule has 1 aromatic carbocycles. The summed E-state index contributed by atoms with van der Waals surface area (Å²) in [6.07, 6.45) is -0.0689. The summed E-state index contributed by atoms with van der Waals surface area (Å²) < 4.78 is 25.6. The van der Waals surface area contributed by atoms with Gasteiger partial charge in [-0.3, -0.25) is 0 Å². The molecule has 1 atom stereocenters. The molecule has 180 valence electrons. The number of aliphatic hydroxyl groups excluding tert-OH is 1. The first-order valence-electron chi connectivity index (χ1n) is 11.6. The molecule has 14 heteroatoms. The van der Waals surface area contributed by atoms with Crippen LogP contribution in [0.15, 0.2) is 12.1 Å². The van der Waals surface area contributed by atoms with Crippen molar-refractivity contribution in [2.24, 2.45) is 0 Å². The van der Waals surface area contributed by atoms with Gasteiger partial charge in [0.05, 0.1) is 13.7 Å². The van der Waals surface area contributed by atoms with E-state index >= 15 is 0 Å². The fourth-order valence-electron chi connectivity index (χ4n) is 5.23. The second-order valence-electron chi connectivity index (χ2n) is 9.60. The number of aliphatic hydroxyl groups is 1. The topological polar surface area (TPSA) is 57.2 Å². The van der Waals surface area contributed by atoms with Gasteiger partial charge < -0.3 is 23.1 Å². The molecule has 0 radical (unpaired) electrons. The Morgan fingerprint density at radius 1 is 0.968 bits per heavy atom. The van der Waals surface area contributed by atoms with Crippen molar-refractivity contribution in [3.63, 3.8) is 0 Å². The number of ether oxygens (including phenoxy) is 1. The average molecular weight is 583 g/mol. The number of methoxy groups -OCH3 is 1. The second-order valence-corrected chi connectivity index (χ2v) is 117. The smallest absolute Gasteiger partial charge is 0.296 e. The summed E-state index contributed by atoms with van der Waals surface area (Å²) in [5.74, 6) is 0.796. The Labute approximate surface area is 207 Å². The molecule has 0 aliphatic rings. The van der Waals surface area contributed by atoms with Gasteiger partial charge in [-0.05, 0) is 80.6 Å². The molecular weight excluding hydrogens is 537 g/mol. The van der Waals surface area contributed by atoms with E-state index in [1.165, 1.54) is 66.0 Å².